The van der Waals surface area contributed by atoms with Crippen LogP contribution in [-0.4, -0.2) is 82.3 Å². The molecule has 0 N–H and O–H groups in total. The predicted molar refractivity (Wildman–Crippen MR) is 398 cm³/mol. The Morgan fingerprint density at radius 2 is 0.613 bits per heavy atom. The minimum absolute atomic E-state index is 0.148. The number of carbonyl (C=O) groups excluding carboxylic acids is 3. The topological polar surface area (TPSA) is 111 Å². The summed E-state index contributed by atoms with van der Waals surface area (Å²) in [6.07, 6.45) is 99.5. The standard InChI is InChI=1S/C84H149NO8/c1-6-8-10-12-14-16-18-20-22-24-26-28-30-32-34-35-36-37-38-39-40-41-42-43-44-45-46-47-49-51-53-55-57-59-61-63-65-67-69-71-73-75-82(87)93-80(79-92-84(83(88)89)90-77-76-85(3,4)5)78-91-81(86)74-72-70-68-66-64-62-60-58-56-54-52-50-48-33-31-29-27-25-23-21-19-17-15-13-11-9-7-2/h8,10,14,16,20,22,26,28,32,34,36-37,39-40,42-43,80,84H,6-7,9,11-13,15,17-19,21,23-25,27,29-31,33,35,38,41,44-79H2,1-5H3/b10-8-,16-14-,22-20-,28-26-,34-32-,37-36-,40-39-,43-42-. The maximum atomic E-state index is 13.0. The summed E-state index contributed by atoms with van der Waals surface area (Å²) in [7, 11) is 5.94. The molecule has 538 valence electrons. The predicted octanol–water partition coefficient (Wildman–Crippen LogP) is 23.8. The molecule has 0 spiro atoms. The zero-order chi connectivity index (χ0) is 67.5. The number of esters is 2. The van der Waals surface area contributed by atoms with Crippen LogP contribution in [0.25, 0.3) is 0 Å². The third kappa shape index (κ3) is 75.5. The Labute approximate surface area is 575 Å². The van der Waals surface area contributed by atoms with Crippen LogP contribution in [0.5, 0.6) is 0 Å². The molecule has 0 aromatic heterocycles. The minimum atomic E-state index is -1.62. The fraction of sp³-hybridized carbons (Fsp3) is 0.774. The molecule has 0 heterocycles. The minimum Gasteiger partial charge on any atom is -0.545 e. The van der Waals surface area contributed by atoms with Gasteiger partial charge in [-0.15, -0.1) is 0 Å². The van der Waals surface area contributed by atoms with Gasteiger partial charge < -0.3 is 33.3 Å². The molecule has 0 fully saturated rings. The first-order valence-corrected chi connectivity index (χ1v) is 39.4. The van der Waals surface area contributed by atoms with Crippen LogP contribution in [-0.2, 0) is 33.3 Å². The van der Waals surface area contributed by atoms with Crippen LogP contribution in [0, 0.1) is 0 Å². The first kappa shape index (κ1) is 89.2. The average Bonchev–Trinajstić information content (AvgIpc) is 3.38. The number of rotatable bonds is 73. The molecule has 9 nitrogen and oxygen atoms in total. The van der Waals surface area contributed by atoms with Gasteiger partial charge in [-0.25, -0.2) is 0 Å². The van der Waals surface area contributed by atoms with Gasteiger partial charge in [0.2, 0.25) is 0 Å². The number of ether oxygens (including phenoxy) is 4. The highest BCUT2D eigenvalue weighted by Crippen LogP contribution is 2.19. The van der Waals surface area contributed by atoms with Crippen molar-refractivity contribution in [1.29, 1.82) is 0 Å². The monoisotopic (exact) mass is 1300 g/mol. The van der Waals surface area contributed by atoms with Crippen LogP contribution >= 0.6 is 0 Å². The smallest absolute Gasteiger partial charge is 0.306 e. The number of unbranched alkanes of at least 4 members (excludes halogenated alkanes) is 42. The summed E-state index contributed by atoms with van der Waals surface area (Å²) >= 11 is 0. The second-order valence-corrected chi connectivity index (χ2v) is 27.6. The van der Waals surface area contributed by atoms with Crippen LogP contribution in [0.2, 0.25) is 0 Å². The van der Waals surface area contributed by atoms with Crippen LogP contribution in [0.1, 0.15) is 361 Å². The summed E-state index contributed by atoms with van der Waals surface area (Å²) in [5.41, 5.74) is 0. The van der Waals surface area contributed by atoms with Crippen LogP contribution in [0.4, 0.5) is 0 Å². The van der Waals surface area contributed by atoms with E-state index in [2.05, 4.69) is 111 Å². The van der Waals surface area contributed by atoms with Gasteiger partial charge in [0, 0.05) is 12.8 Å². The number of hydrogen-bond acceptors (Lipinski definition) is 8. The van der Waals surface area contributed by atoms with Gasteiger partial charge in [0.15, 0.2) is 12.4 Å². The van der Waals surface area contributed by atoms with Gasteiger partial charge in [0.1, 0.15) is 13.2 Å². The first-order chi connectivity index (χ1) is 45.6. The molecule has 0 rings (SSSR count). The van der Waals surface area contributed by atoms with Crippen LogP contribution in [0.3, 0.4) is 0 Å². The highest BCUT2D eigenvalue weighted by molar-refractivity contribution is 5.70. The SMILES string of the molecule is CC/C=C\C/C=C\C/C=C\C/C=C\C/C=C\C/C=C\C/C=C\C/C=C\CCCCCCCCCCCCCCCCCCC(=O)OC(COC(=O)CCCCCCCCCCCCCCCCCCCCCCCCCCCCC)COC(OCC[N+](C)(C)C)C(=O)[O-]. The Bertz CT molecular complexity index is 1850. The maximum absolute atomic E-state index is 13.0. The number of carbonyl (C=O) groups is 3. The molecule has 2 unspecified atom stereocenters. The van der Waals surface area contributed by atoms with E-state index in [0.717, 1.165) is 83.5 Å². The highest BCUT2D eigenvalue weighted by atomic mass is 16.7. The molecule has 0 aromatic carbocycles. The van der Waals surface area contributed by atoms with E-state index in [-0.39, 0.29) is 32.2 Å². The molecule has 0 aliphatic rings. The molecule has 0 saturated heterocycles. The fourth-order valence-electron chi connectivity index (χ4n) is 11.4. The number of likely N-dealkylation sites (N-methyl/N-ethyl adjacent to an activating group) is 1. The molecule has 0 amide bonds. The molecule has 0 radical (unpaired) electrons. The molecule has 9 heteroatoms. The molecular formula is C84H149NO8. The second kappa shape index (κ2) is 74.0. The Morgan fingerprint density at radius 3 is 0.914 bits per heavy atom. The van der Waals surface area contributed by atoms with Gasteiger partial charge in [-0.1, -0.05) is 368 Å². The van der Waals surface area contributed by atoms with Crippen molar-refractivity contribution in [2.24, 2.45) is 0 Å². The van der Waals surface area contributed by atoms with E-state index < -0.39 is 24.3 Å². The third-order valence-electron chi connectivity index (χ3n) is 17.3. The molecule has 0 aliphatic heterocycles. The molecule has 93 heavy (non-hydrogen) atoms. The number of allylic oxidation sites excluding steroid dienone is 16. The molecular weight excluding hydrogens is 1150 g/mol. The zero-order valence-corrected chi connectivity index (χ0v) is 61.6. The van der Waals surface area contributed by atoms with E-state index >= 15 is 0 Å². The largest absolute Gasteiger partial charge is 0.545 e. The van der Waals surface area contributed by atoms with Crippen molar-refractivity contribution >= 4 is 17.9 Å². The summed E-state index contributed by atoms with van der Waals surface area (Å²) in [4.78, 5) is 37.6. The van der Waals surface area contributed by atoms with Crippen LogP contribution < -0.4 is 5.11 Å². The van der Waals surface area contributed by atoms with Crippen molar-refractivity contribution in [2.75, 3.05) is 47.5 Å². The van der Waals surface area contributed by atoms with Crippen molar-refractivity contribution in [1.82, 2.24) is 0 Å². The van der Waals surface area contributed by atoms with Crippen molar-refractivity contribution in [2.45, 2.75) is 373 Å². The highest BCUT2D eigenvalue weighted by Gasteiger charge is 2.22. The van der Waals surface area contributed by atoms with Crippen molar-refractivity contribution < 1.29 is 42.9 Å². The molecule has 0 aromatic rings. The Morgan fingerprint density at radius 1 is 0.333 bits per heavy atom. The van der Waals surface area contributed by atoms with E-state index in [0.29, 0.717) is 23.9 Å². The Kier molecular flexibility index (Phi) is 71.0. The summed E-state index contributed by atoms with van der Waals surface area (Å²) in [6, 6.07) is 0. The molecule has 0 bridgehead atoms. The van der Waals surface area contributed by atoms with Gasteiger partial charge in [-0.3, -0.25) is 9.59 Å². The van der Waals surface area contributed by atoms with Crippen molar-refractivity contribution in [3.05, 3.63) is 97.2 Å². The van der Waals surface area contributed by atoms with E-state index in [1.807, 2.05) is 21.1 Å². The summed E-state index contributed by atoms with van der Waals surface area (Å²) < 4.78 is 22.9. The third-order valence-corrected chi connectivity index (χ3v) is 17.3. The number of carboxylic acids is 1. The lowest BCUT2D eigenvalue weighted by Gasteiger charge is -2.26. The lowest BCUT2D eigenvalue weighted by molar-refractivity contribution is -0.870. The number of carboxylic acid groups (broad SMARTS) is 1. The summed E-state index contributed by atoms with van der Waals surface area (Å²) in [6.45, 7) is 4.69. The maximum Gasteiger partial charge on any atom is 0.306 e. The van der Waals surface area contributed by atoms with E-state index in [9.17, 15) is 19.5 Å². The summed E-state index contributed by atoms with van der Waals surface area (Å²) in [5, 5.41) is 11.9. The lowest BCUT2D eigenvalue weighted by atomic mass is 10.0. The van der Waals surface area contributed by atoms with Crippen molar-refractivity contribution in [3.63, 3.8) is 0 Å². The molecule has 0 aliphatic carbocycles. The van der Waals surface area contributed by atoms with Crippen LogP contribution in [0.15, 0.2) is 97.2 Å². The molecule has 2 atom stereocenters. The quantitative estimate of drug-likeness (QED) is 0.0195. The van der Waals surface area contributed by atoms with Gasteiger partial charge >= 0.3 is 11.9 Å². The fourth-order valence-corrected chi connectivity index (χ4v) is 11.4. The zero-order valence-electron chi connectivity index (χ0n) is 61.6. The number of aliphatic carboxylic acids is 1. The normalized spacial score (nSPS) is 13.2. The first-order valence-electron chi connectivity index (χ1n) is 39.4. The number of nitrogens with zero attached hydrogens (tertiary/aromatic N) is 1. The number of hydrogen-bond donors (Lipinski definition) is 0. The van der Waals surface area contributed by atoms with E-state index in [4.69, 9.17) is 18.9 Å². The molecule has 0 saturated carbocycles. The van der Waals surface area contributed by atoms with Gasteiger partial charge in [-0.05, 0) is 77.0 Å². The van der Waals surface area contributed by atoms with E-state index in [1.165, 1.54) is 244 Å². The lowest BCUT2D eigenvalue weighted by Crippen LogP contribution is -2.44. The van der Waals surface area contributed by atoms with Gasteiger partial charge in [-0.2, -0.15) is 0 Å². The Hall–Kier alpha value is -3.79. The van der Waals surface area contributed by atoms with Crippen molar-refractivity contribution in [3.8, 4) is 0 Å². The summed E-state index contributed by atoms with van der Waals surface area (Å²) in [5.74, 6) is -2.26. The average molecular weight is 1300 g/mol. The van der Waals surface area contributed by atoms with E-state index in [1.54, 1.807) is 0 Å². The van der Waals surface area contributed by atoms with Gasteiger partial charge in [0.25, 0.3) is 0 Å². The second-order valence-electron chi connectivity index (χ2n) is 27.6. The number of quaternary nitrogens is 1. The van der Waals surface area contributed by atoms with Gasteiger partial charge in [0.05, 0.1) is 40.3 Å². The Balaban J connectivity index is 4.02.